The monoisotopic (exact) mass is 287 g/mol. The molecule has 1 aromatic carbocycles. The van der Waals surface area contributed by atoms with Crippen molar-refractivity contribution in [2.24, 2.45) is 0 Å². The van der Waals surface area contributed by atoms with Gasteiger partial charge in [0.25, 0.3) is 0 Å². The fourth-order valence-corrected chi connectivity index (χ4v) is 2.92. The van der Waals surface area contributed by atoms with E-state index in [2.05, 4.69) is 29.8 Å². The van der Waals surface area contributed by atoms with Crippen LogP contribution in [0, 0.1) is 0 Å². The maximum absolute atomic E-state index is 9.33. The molecule has 4 heteroatoms. The summed E-state index contributed by atoms with van der Waals surface area (Å²) in [4.78, 5) is 6.83. The minimum atomic E-state index is 0.177. The van der Waals surface area contributed by atoms with Gasteiger partial charge < -0.3 is 10.8 Å². The molecule has 0 aliphatic heterocycles. The van der Waals surface area contributed by atoms with Crippen molar-refractivity contribution in [3.05, 3.63) is 36.0 Å². The normalized spacial score (nSPS) is 11.7. The first kappa shape index (κ1) is 15.7. The summed E-state index contributed by atoms with van der Waals surface area (Å²) in [5.74, 6) is 0. The van der Waals surface area contributed by atoms with Crippen LogP contribution in [-0.2, 0) is 6.54 Å². The second kappa shape index (κ2) is 7.38. The molecule has 0 fully saturated rings. The lowest BCUT2D eigenvalue weighted by molar-refractivity contribution is 0.137. The number of aliphatic hydroxyl groups excluding tert-OH is 1. The summed E-state index contributed by atoms with van der Waals surface area (Å²) < 4.78 is 0. The van der Waals surface area contributed by atoms with Gasteiger partial charge in [0.2, 0.25) is 0 Å². The number of nitrogen functional groups attached to an aromatic ring is 1. The molecule has 2 rings (SSSR count). The van der Waals surface area contributed by atoms with Gasteiger partial charge in [0.15, 0.2) is 0 Å². The summed E-state index contributed by atoms with van der Waals surface area (Å²) in [6.07, 6.45) is 3.96. The number of hydrogen-bond donors (Lipinski definition) is 2. The van der Waals surface area contributed by atoms with Crippen molar-refractivity contribution in [1.29, 1.82) is 0 Å². The maximum Gasteiger partial charge on any atom is 0.0767 e. The molecule has 0 amide bonds. The predicted octanol–water partition coefficient (Wildman–Crippen LogP) is 2.80. The molecular formula is C17H25N3O. The van der Waals surface area contributed by atoms with Gasteiger partial charge in [-0.3, -0.25) is 9.88 Å². The second-order valence-corrected chi connectivity index (χ2v) is 5.38. The highest BCUT2D eigenvalue weighted by atomic mass is 16.3. The summed E-state index contributed by atoms with van der Waals surface area (Å²) in [5.41, 5.74) is 8.93. The molecule has 0 bridgehead atoms. The van der Waals surface area contributed by atoms with Gasteiger partial charge in [0, 0.05) is 36.4 Å². The van der Waals surface area contributed by atoms with Crippen LogP contribution in [0.5, 0.6) is 0 Å². The number of rotatable bonds is 7. The minimum Gasteiger partial charge on any atom is -0.398 e. The Morgan fingerprint density at radius 2 is 2.00 bits per heavy atom. The standard InChI is InChI=1S/C17H25N3O/c1-3-14(4-2)20(10-11-21)12-13-7-8-16(18)15-6-5-9-19-17(13)15/h5-9,14,21H,3-4,10-12,18H2,1-2H3. The summed E-state index contributed by atoms with van der Waals surface area (Å²) in [5, 5.41) is 10.3. The van der Waals surface area contributed by atoms with Crippen LogP contribution in [0.1, 0.15) is 32.3 Å². The van der Waals surface area contributed by atoms with Gasteiger partial charge in [-0.1, -0.05) is 19.9 Å². The Bertz CT molecular complexity index is 581. The molecule has 114 valence electrons. The first-order valence-electron chi connectivity index (χ1n) is 7.68. The summed E-state index contributed by atoms with van der Waals surface area (Å²) in [6.45, 7) is 6.04. The molecule has 0 atom stereocenters. The lowest BCUT2D eigenvalue weighted by Crippen LogP contribution is -2.36. The number of hydrogen-bond acceptors (Lipinski definition) is 4. The Kier molecular flexibility index (Phi) is 5.53. The van der Waals surface area contributed by atoms with E-state index in [-0.39, 0.29) is 6.61 Å². The van der Waals surface area contributed by atoms with Crippen molar-refractivity contribution in [3.8, 4) is 0 Å². The fourth-order valence-electron chi connectivity index (χ4n) is 2.92. The van der Waals surface area contributed by atoms with Crippen molar-refractivity contribution in [3.63, 3.8) is 0 Å². The Labute approximate surface area is 126 Å². The van der Waals surface area contributed by atoms with Crippen molar-refractivity contribution in [1.82, 2.24) is 9.88 Å². The first-order valence-corrected chi connectivity index (χ1v) is 7.68. The lowest BCUT2D eigenvalue weighted by atomic mass is 10.1. The number of fused-ring (bicyclic) bond motifs is 1. The fraction of sp³-hybridized carbons (Fsp3) is 0.471. The van der Waals surface area contributed by atoms with E-state index < -0.39 is 0 Å². The van der Waals surface area contributed by atoms with Crippen molar-refractivity contribution in [2.75, 3.05) is 18.9 Å². The number of nitrogens with two attached hydrogens (primary N) is 1. The van der Waals surface area contributed by atoms with Crippen LogP contribution in [0.25, 0.3) is 10.9 Å². The SMILES string of the molecule is CCC(CC)N(CCO)Cc1ccc(N)c2cccnc12. The number of nitrogens with zero attached hydrogens (tertiary/aromatic N) is 2. The zero-order valence-corrected chi connectivity index (χ0v) is 12.9. The number of anilines is 1. The van der Waals surface area contributed by atoms with Gasteiger partial charge >= 0.3 is 0 Å². The Morgan fingerprint density at radius 1 is 1.24 bits per heavy atom. The van der Waals surface area contributed by atoms with Crippen LogP contribution in [-0.4, -0.2) is 34.2 Å². The zero-order valence-electron chi connectivity index (χ0n) is 12.9. The van der Waals surface area contributed by atoms with E-state index in [0.29, 0.717) is 12.6 Å². The number of benzene rings is 1. The van der Waals surface area contributed by atoms with E-state index in [9.17, 15) is 5.11 Å². The van der Waals surface area contributed by atoms with Crippen LogP contribution in [0.15, 0.2) is 30.5 Å². The lowest BCUT2D eigenvalue weighted by Gasteiger charge is -2.30. The van der Waals surface area contributed by atoms with Crippen molar-refractivity contribution >= 4 is 16.6 Å². The number of pyridine rings is 1. The second-order valence-electron chi connectivity index (χ2n) is 5.38. The summed E-state index contributed by atoms with van der Waals surface area (Å²) in [6, 6.07) is 8.40. The average molecular weight is 287 g/mol. The van der Waals surface area contributed by atoms with Crippen LogP contribution in [0.2, 0.25) is 0 Å². The quantitative estimate of drug-likeness (QED) is 0.769. The van der Waals surface area contributed by atoms with Crippen LogP contribution < -0.4 is 5.73 Å². The molecule has 2 aromatic rings. The van der Waals surface area contributed by atoms with E-state index in [1.807, 2.05) is 18.2 Å². The molecule has 0 saturated carbocycles. The molecule has 0 aliphatic carbocycles. The minimum absolute atomic E-state index is 0.177. The molecule has 0 spiro atoms. The van der Waals surface area contributed by atoms with E-state index in [1.54, 1.807) is 6.20 Å². The maximum atomic E-state index is 9.33. The molecule has 3 N–H and O–H groups in total. The molecular weight excluding hydrogens is 262 g/mol. The van der Waals surface area contributed by atoms with E-state index in [1.165, 1.54) is 5.56 Å². The van der Waals surface area contributed by atoms with Gasteiger partial charge in [-0.05, 0) is 36.6 Å². The molecule has 4 nitrogen and oxygen atoms in total. The van der Waals surface area contributed by atoms with Crippen LogP contribution >= 0.6 is 0 Å². The molecule has 0 unspecified atom stereocenters. The van der Waals surface area contributed by atoms with Gasteiger partial charge in [0.1, 0.15) is 0 Å². The molecule has 1 heterocycles. The molecule has 1 aromatic heterocycles. The Hall–Kier alpha value is -1.65. The number of aromatic nitrogens is 1. The van der Waals surface area contributed by atoms with Gasteiger partial charge in [-0.2, -0.15) is 0 Å². The van der Waals surface area contributed by atoms with Gasteiger partial charge in [0.05, 0.1) is 12.1 Å². The Morgan fingerprint density at radius 3 is 2.67 bits per heavy atom. The smallest absolute Gasteiger partial charge is 0.0767 e. The predicted molar refractivity (Wildman–Crippen MR) is 88.0 cm³/mol. The van der Waals surface area contributed by atoms with E-state index in [4.69, 9.17) is 5.73 Å². The Balaban J connectivity index is 2.34. The average Bonchev–Trinajstić information content (AvgIpc) is 2.51. The van der Waals surface area contributed by atoms with E-state index in [0.717, 1.165) is 36.0 Å². The summed E-state index contributed by atoms with van der Waals surface area (Å²) in [7, 11) is 0. The third-order valence-electron chi connectivity index (χ3n) is 4.11. The molecule has 0 saturated heterocycles. The first-order chi connectivity index (χ1) is 10.2. The highest BCUT2D eigenvalue weighted by Crippen LogP contribution is 2.24. The van der Waals surface area contributed by atoms with Crippen LogP contribution in [0.3, 0.4) is 0 Å². The molecule has 21 heavy (non-hydrogen) atoms. The third-order valence-corrected chi connectivity index (χ3v) is 4.11. The highest BCUT2D eigenvalue weighted by Gasteiger charge is 2.16. The number of aliphatic hydroxyl groups is 1. The summed E-state index contributed by atoms with van der Waals surface area (Å²) >= 11 is 0. The molecule has 0 radical (unpaired) electrons. The topological polar surface area (TPSA) is 62.4 Å². The van der Waals surface area contributed by atoms with Crippen LogP contribution in [0.4, 0.5) is 5.69 Å². The third kappa shape index (κ3) is 3.52. The largest absolute Gasteiger partial charge is 0.398 e. The van der Waals surface area contributed by atoms with Crippen molar-refractivity contribution < 1.29 is 5.11 Å². The van der Waals surface area contributed by atoms with Crippen molar-refractivity contribution in [2.45, 2.75) is 39.3 Å². The van der Waals surface area contributed by atoms with Gasteiger partial charge in [-0.15, -0.1) is 0 Å². The molecule has 0 aliphatic rings. The zero-order chi connectivity index (χ0) is 15.2. The van der Waals surface area contributed by atoms with Gasteiger partial charge in [-0.25, -0.2) is 0 Å². The van der Waals surface area contributed by atoms with E-state index >= 15 is 0 Å². The highest BCUT2D eigenvalue weighted by molar-refractivity contribution is 5.92.